The highest BCUT2D eigenvalue weighted by Crippen LogP contribution is 2.42. The molecule has 0 radical (unpaired) electrons. The molecule has 180 valence electrons. The fourth-order valence-corrected chi connectivity index (χ4v) is 4.84. The Labute approximate surface area is 210 Å². The number of nitrogens with zero attached hydrogens (tertiary/aromatic N) is 5. The number of halogens is 2. The molecule has 3 aromatic heterocycles. The molecular weight excluding hydrogens is 482 g/mol. The quantitative estimate of drug-likeness (QED) is 0.285. The number of nitrogens with one attached hydrogen (secondary N) is 1. The molecule has 0 aliphatic carbocycles. The lowest BCUT2D eigenvalue weighted by molar-refractivity contribution is 0.224. The van der Waals surface area contributed by atoms with Gasteiger partial charge >= 0.3 is 0 Å². The van der Waals surface area contributed by atoms with Crippen LogP contribution in [0, 0.1) is 13.5 Å². The number of ether oxygens (including phenoxy) is 1. The van der Waals surface area contributed by atoms with Crippen LogP contribution in [0.15, 0.2) is 52.8 Å². The van der Waals surface area contributed by atoms with Crippen LogP contribution < -0.4 is 10.1 Å². The van der Waals surface area contributed by atoms with E-state index in [1.54, 1.807) is 31.4 Å². The number of fused-ring (bicyclic) bond motifs is 1. The maximum atomic E-state index is 13.5. The number of hydrogen-bond acceptors (Lipinski definition) is 7. The summed E-state index contributed by atoms with van der Waals surface area (Å²) in [4.78, 5) is 21.1. The largest absolute Gasteiger partial charge is 0.494 e. The normalized spacial score (nSPS) is 12.3. The van der Waals surface area contributed by atoms with Crippen LogP contribution in [0.5, 0.6) is 5.75 Å². The molecule has 1 aliphatic rings. The van der Waals surface area contributed by atoms with Gasteiger partial charge < -0.3 is 14.9 Å². The maximum absolute atomic E-state index is 13.5. The number of aromatic nitrogens is 3. The zero-order valence-electron chi connectivity index (χ0n) is 19.4. The number of para-hydroxylation sites is 1. The standard InChI is InChI=1S/C26H20F2N6OS/c1-14-13-36-26(30-14)17-7-5-8-18(24(17)35-3)33-19-11-16(10-15-6-4-9-22(29-2)32-15)31-20-12-21(25(27)28)34-23(19)20/h4-9,11,13,25H,10,12H2,1,3H3,(H,31,33). The van der Waals surface area contributed by atoms with Crippen molar-refractivity contribution in [3.63, 3.8) is 0 Å². The number of rotatable bonds is 7. The summed E-state index contributed by atoms with van der Waals surface area (Å²) in [6.07, 6.45) is -2.36. The van der Waals surface area contributed by atoms with Crippen LogP contribution >= 0.6 is 11.3 Å². The van der Waals surface area contributed by atoms with E-state index >= 15 is 0 Å². The maximum Gasteiger partial charge on any atom is 0.277 e. The Morgan fingerprint density at radius 1 is 1.11 bits per heavy atom. The Kier molecular flexibility index (Phi) is 6.40. The van der Waals surface area contributed by atoms with E-state index in [1.807, 2.05) is 30.5 Å². The van der Waals surface area contributed by atoms with Gasteiger partial charge in [-0.3, -0.25) is 4.98 Å². The van der Waals surface area contributed by atoms with Crippen LogP contribution in [0.3, 0.4) is 0 Å². The number of aryl methyl sites for hydroxylation is 1. The van der Waals surface area contributed by atoms with Gasteiger partial charge in [-0.25, -0.2) is 18.8 Å². The van der Waals surface area contributed by atoms with E-state index in [2.05, 4.69) is 30.1 Å². The topological polar surface area (TPSA) is 76.7 Å². The zero-order chi connectivity index (χ0) is 25.2. The van der Waals surface area contributed by atoms with Crippen LogP contribution in [0.4, 0.5) is 31.7 Å². The molecule has 1 aliphatic heterocycles. The van der Waals surface area contributed by atoms with Crippen molar-refractivity contribution in [1.29, 1.82) is 0 Å². The summed E-state index contributed by atoms with van der Waals surface area (Å²) in [5.74, 6) is 0.871. The molecule has 36 heavy (non-hydrogen) atoms. The van der Waals surface area contributed by atoms with Crippen LogP contribution in [0.25, 0.3) is 15.4 Å². The van der Waals surface area contributed by atoms with E-state index in [9.17, 15) is 8.78 Å². The van der Waals surface area contributed by atoms with Gasteiger partial charge in [-0.15, -0.1) is 16.3 Å². The van der Waals surface area contributed by atoms with E-state index in [1.165, 1.54) is 11.3 Å². The van der Waals surface area contributed by atoms with E-state index < -0.39 is 6.43 Å². The van der Waals surface area contributed by atoms with Gasteiger partial charge in [-0.05, 0) is 37.3 Å². The molecule has 0 amide bonds. The fraction of sp³-hybridized carbons (Fsp3) is 0.192. The Hall–Kier alpha value is -4.23. The number of aliphatic imine (C=N–C) groups is 1. The van der Waals surface area contributed by atoms with Crippen LogP contribution in [0.2, 0.25) is 0 Å². The van der Waals surface area contributed by atoms with E-state index in [0.717, 1.165) is 16.3 Å². The highest BCUT2D eigenvalue weighted by Gasteiger charge is 2.27. The molecular formula is C26H20F2N6OS. The summed E-state index contributed by atoms with van der Waals surface area (Å²) in [5.41, 5.74) is 4.85. The van der Waals surface area contributed by atoms with Gasteiger partial charge in [0.2, 0.25) is 0 Å². The van der Waals surface area contributed by atoms with Gasteiger partial charge in [0.05, 0.1) is 47.6 Å². The van der Waals surface area contributed by atoms with Gasteiger partial charge in [0.1, 0.15) is 16.4 Å². The molecule has 5 rings (SSSR count). The lowest BCUT2D eigenvalue weighted by Gasteiger charge is -2.16. The molecule has 0 spiro atoms. The predicted molar refractivity (Wildman–Crippen MR) is 136 cm³/mol. The summed E-state index contributed by atoms with van der Waals surface area (Å²) < 4.78 is 32.8. The molecule has 0 unspecified atom stereocenters. The lowest BCUT2D eigenvalue weighted by Crippen LogP contribution is -2.10. The molecule has 4 aromatic rings. The van der Waals surface area contributed by atoms with Crippen molar-refractivity contribution in [3.8, 4) is 16.3 Å². The number of hydrogen-bond donors (Lipinski definition) is 1. The molecule has 0 saturated carbocycles. The number of methoxy groups -OCH3 is 1. The molecule has 4 heterocycles. The van der Waals surface area contributed by atoms with Crippen LogP contribution in [-0.2, 0) is 12.8 Å². The second kappa shape index (κ2) is 9.79. The molecule has 1 aromatic carbocycles. The minimum absolute atomic E-state index is 0.0272. The van der Waals surface area contributed by atoms with E-state index in [-0.39, 0.29) is 18.0 Å². The zero-order valence-corrected chi connectivity index (χ0v) is 20.2. The van der Waals surface area contributed by atoms with Gasteiger partial charge in [-0.1, -0.05) is 18.7 Å². The Morgan fingerprint density at radius 2 is 1.94 bits per heavy atom. The number of thiazole rings is 1. The van der Waals surface area contributed by atoms with Gasteiger partial charge in [0.25, 0.3) is 12.2 Å². The smallest absolute Gasteiger partial charge is 0.277 e. The number of benzene rings is 1. The number of anilines is 2. The molecule has 10 heteroatoms. The lowest BCUT2D eigenvalue weighted by atomic mass is 10.1. The SMILES string of the molecule is [C-]#[N+]c1cccc(Cc2cc(Nc3cccc(-c4nc(C)cs4)c3OC)c3c(n2)CC(C(F)F)=N3)n1. The Bertz CT molecular complexity index is 1530. The van der Waals surface area contributed by atoms with Crippen molar-refractivity contribution < 1.29 is 13.5 Å². The van der Waals surface area contributed by atoms with Gasteiger partial charge in [0, 0.05) is 17.5 Å². The Balaban J connectivity index is 1.56. The first-order valence-electron chi connectivity index (χ1n) is 11.0. The van der Waals surface area contributed by atoms with Crippen LogP contribution in [-0.4, -0.2) is 34.2 Å². The first-order chi connectivity index (χ1) is 17.4. The van der Waals surface area contributed by atoms with Gasteiger partial charge in [-0.2, -0.15) is 0 Å². The molecule has 0 saturated heterocycles. The van der Waals surface area contributed by atoms with Crippen molar-refractivity contribution in [2.75, 3.05) is 12.4 Å². The predicted octanol–water partition coefficient (Wildman–Crippen LogP) is 6.70. The molecule has 0 fully saturated rings. The minimum Gasteiger partial charge on any atom is -0.494 e. The van der Waals surface area contributed by atoms with Gasteiger partial charge in [0.15, 0.2) is 5.75 Å². The second-order valence-corrected chi connectivity index (χ2v) is 8.98. The second-order valence-electron chi connectivity index (χ2n) is 8.12. The average Bonchev–Trinajstić information content (AvgIpc) is 3.50. The summed E-state index contributed by atoms with van der Waals surface area (Å²) >= 11 is 1.52. The minimum atomic E-state index is -2.67. The van der Waals surface area contributed by atoms with Crippen LogP contribution in [0.1, 0.15) is 22.8 Å². The van der Waals surface area contributed by atoms with Crippen molar-refractivity contribution in [1.82, 2.24) is 15.0 Å². The highest BCUT2D eigenvalue weighted by atomic mass is 32.1. The third-order valence-electron chi connectivity index (χ3n) is 5.58. The van der Waals surface area contributed by atoms with E-state index in [0.29, 0.717) is 46.3 Å². The molecule has 7 nitrogen and oxygen atoms in total. The molecule has 1 N–H and O–H groups in total. The number of pyridine rings is 2. The average molecular weight is 503 g/mol. The van der Waals surface area contributed by atoms with E-state index in [4.69, 9.17) is 11.3 Å². The first kappa shape index (κ1) is 23.5. The third kappa shape index (κ3) is 4.65. The Morgan fingerprint density at radius 3 is 2.67 bits per heavy atom. The highest BCUT2D eigenvalue weighted by molar-refractivity contribution is 7.13. The molecule has 0 bridgehead atoms. The summed E-state index contributed by atoms with van der Waals surface area (Å²) in [5, 5.41) is 6.12. The monoisotopic (exact) mass is 502 g/mol. The number of alkyl halides is 2. The third-order valence-corrected chi connectivity index (χ3v) is 6.57. The first-order valence-corrected chi connectivity index (χ1v) is 11.9. The van der Waals surface area contributed by atoms with Crippen molar-refractivity contribution in [2.45, 2.75) is 26.2 Å². The van der Waals surface area contributed by atoms with Crippen molar-refractivity contribution in [2.24, 2.45) is 4.99 Å². The molecule has 0 atom stereocenters. The summed E-state index contributed by atoms with van der Waals surface area (Å²) in [6, 6.07) is 12.6. The summed E-state index contributed by atoms with van der Waals surface area (Å²) in [6.45, 7) is 9.12. The summed E-state index contributed by atoms with van der Waals surface area (Å²) in [7, 11) is 1.58. The fourth-order valence-electron chi connectivity index (χ4n) is 4.02. The van der Waals surface area contributed by atoms with Crippen molar-refractivity contribution >= 4 is 39.9 Å². The van der Waals surface area contributed by atoms with Crippen molar-refractivity contribution in [3.05, 3.63) is 82.0 Å².